The smallest absolute Gasteiger partial charge is 0.123 e. The monoisotopic (exact) mass is 249 g/mol. The highest BCUT2D eigenvalue weighted by Crippen LogP contribution is 2.26. The molecular weight excluding hydrogens is 225 g/mol. The molecule has 18 heavy (non-hydrogen) atoms. The lowest BCUT2D eigenvalue weighted by atomic mass is 9.89. The van der Waals surface area contributed by atoms with Crippen LogP contribution in [0.4, 0.5) is 4.39 Å². The van der Waals surface area contributed by atoms with E-state index in [4.69, 9.17) is 0 Å². The third kappa shape index (κ3) is 3.55. The van der Waals surface area contributed by atoms with Gasteiger partial charge >= 0.3 is 0 Å². The van der Waals surface area contributed by atoms with E-state index in [1.54, 1.807) is 12.1 Å². The topological polar surface area (TPSA) is 3.24 Å². The summed E-state index contributed by atoms with van der Waals surface area (Å²) >= 11 is 0. The summed E-state index contributed by atoms with van der Waals surface area (Å²) in [6.45, 7) is 9.23. The van der Waals surface area contributed by atoms with Crippen molar-refractivity contribution in [2.45, 2.75) is 45.6 Å². The van der Waals surface area contributed by atoms with E-state index in [2.05, 4.69) is 25.7 Å². The molecule has 1 atom stereocenters. The Morgan fingerprint density at radius 3 is 2.50 bits per heavy atom. The fraction of sp³-hybridized carbons (Fsp3) is 0.625. The quantitative estimate of drug-likeness (QED) is 0.769. The lowest BCUT2D eigenvalue weighted by Gasteiger charge is -2.41. The van der Waals surface area contributed by atoms with Crippen molar-refractivity contribution in [1.29, 1.82) is 0 Å². The average Bonchev–Trinajstić information content (AvgIpc) is 2.31. The van der Waals surface area contributed by atoms with E-state index in [1.165, 1.54) is 31.5 Å². The maximum absolute atomic E-state index is 12.9. The van der Waals surface area contributed by atoms with Crippen LogP contribution in [0.3, 0.4) is 0 Å². The SMILES string of the molecule is CC(C)(C)N1CCCC(Cc2ccc(F)cc2)C1. The van der Waals surface area contributed by atoms with Crippen LogP contribution in [0.2, 0.25) is 0 Å². The zero-order valence-electron chi connectivity index (χ0n) is 11.7. The van der Waals surface area contributed by atoms with Crippen molar-refractivity contribution in [1.82, 2.24) is 4.90 Å². The first kappa shape index (κ1) is 13.5. The van der Waals surface area contributed by atoms with Crippen molar-refractivity contribution in [3.05, 3.63) is 35.6 Å². The van der Waals surface area contributed by atoms with Crippen molar-refractivity contribution >= 4 is 0 Å². The van der Waals surface area contributed by atoms with E-state index in [9.17, 15) is 4.39 Å². The van der Waals surface area contributed by atoms with Gasteiger partial charge in [-0.05, 0) is 70.2 Å². The Hall–Kier alpha value is -0.890. The molecule has 1 saturated heterocycles. The van der Waals surface area contributed by atoms with E-state index in [0.717, 1.165) is 6.42 Å². The Bertz CT molecular complexity index is 377. The molecule has 1 aliphatic rings. The van der Waals surface area contributed by atoms with Crippen LogP contribution in [0, 0.1) is 11.7 Å². The van der Waals surface area contributed by atoms with E-state index < -0.39 is 0 Å². The molecule has 0 radical (unpaired) electrons. The van der Waals surface area contributed by atoms with Crippen LogP contribution in [0.15, 0.2) is 24.3 Å². The molecule has 0 saturated carbocycles. The Balaban J connectivity index is 1.95. The van der Waals surface area contributed by atoms with E-state index >= 15 is 0 Å². The minimum atomic E-state index is -0.140. The fourth-order valence-corrected chi connectivity index (χ4v) is 2.79. The van der Waals surface area contributed by atoms with Crippen molar-refractivity contribution in [2.75, 3.05) is 13.1 Å². The maximum atomic E-state index is 12.9. The van der Waals surface area contributed by atoms with Gasteiger partial charge in [0, 0.05) is 12.1 Å². The summed E-state index contributed by atoms with van der Waals surface area (Å²) in [7, 11) is 0. The third-order valence-corrected chi connectivity index (χ3v) is 3.91. The number of hydrogen-bond acceptors (Lipinski definition) is 1. The molecule has 0 spiro atoms. The molecule has 1 unspecified atom stereocenters. The number of likely N-dealkylation sites (tertiary alicyclic amines) is 1. The minimum absolute atomic E-state index is 0.140. The first-order valence-electron chi connectivity index (χ1n) is 6.94. The summed E-state index contributed by atoms with van der Waals surface area (Å²) in [5, 5.41) is 0. The Morgan fingerprint density at radius 1 is 1.22 bits per heavy atom. The van der Waals surface area contributed by atoms with E-state index in [0.29, 0.717) is 5.92 Å². The highest BCUT2D eigenvalue weighted by Gasteiger charge is 2.27. The molecule has 1 nitrogen and oxygen atoms in total. The van der Waals surface area contributed by atoms with Gasteiger partial charge in [-0.2, -0.15) is 0 Å². The summed E-state index contributed by atoms with van der Waals surface area (Å²) < 4.78 is 12.9. The molecule has 0 aliphatic carbocycles. The van der Waals surface area contributed by atoms with Crippen LogP contribution in [-0.2, 0) is 6.42 Å². The van der Waals surface area contributed by atoms with Crippen molar-refractivity contribution in [3.63, 3.8) is 0 Å². The van der Waals surface area contributed by atoms with Crippen LogP contribution in [0.1, 0.15) is 39.2 Å². The molecule has 0 N–H and O–H groups in total. The summed E-state index contributed by atoms with van der Waals surface area (Å²) in [6.07, 6.45) is 3.65. The van der Waals surface area contributed by atoms with Crippen LogP contribution in [0.25, 0.3) is 0 Å². The fourth-order valence-electron chi connectivity index (χ4n) is 2.79. The minimum Gasteiger partial charge on any atom is -0.298 e. The summed E-state index contributed by atoms with van der Waals surface area (Å²) in [5.74, 6) is 0.571. The second-order valence-electron chi connectivity index (χ2n) is 6.46. The van der Waals surface area contributed by atoms with Gasteiger partial charge in [0.1, 0.15) is 5.82 Å². The molecular formula is C16H24FN. The van der Waals surface area contributed by atoms with Gasteiger partial charge in [0.25, 0.3) is 0 Å². The van der Waals surface area contributed by atoms with Crippen LogP contribution >= 0.6 is 0 Å². The largest absolute Gasteiger partial charge is 0.298 e. The Morgan fingerprint density at radius 2 is 1.89 bits per heavy atom. The van der Waals surface area contributed by atoms with E-state index in [1.807, 2.05) is 12.1 Å². The molecule has 1 aliphatic heterocycles. The first-order chi connectivity index (χ1) is 8.45. The highest BCUT2D eigenvalue weighted by molar-refractivity contribution is 5.16. The van der Waals surface area contributed by atoms with Gasteiger partial charge in [-0.15, -0.1) is 0 Å². The zero-order chi connectivity index (χ0) is 13.2. The maximum Gasteiger partial charge on any atom is 0.123 e. The second-order valence-corrected chi connectivity index (χ2v) is 6.46. The molecule has 100 valence electrons. The number of rotatable bonds is 2. The molecule has 0 bridgehead atoms. The molecule has 1 fully saturated rings. The summed E-state index contributed by atoms with van der Waals surface area (Å²) in [5.41, 5.74) is 1.53. The van der Waals surface area contributed by atoms with Gasteiger partial charge in [-0.25, -0.2) is 4.39 Å². The number of benzene rings is 1. The zero-order valence-corrected chi connectivity index (χ0v) is 11.7. The van der Waals surface area contributed by atoms with Gasteiger partial charge in [0.05, 0.1) is 0 Å². The van der Waals surface area contributed by atoms with E-state index in [-0.39, 0.29) is 11.4 Å². The van der Waals surface area contributed by atoms with Crippen molar-refractivity contribution in [3.8, 4) is 0 Å². The summed E-state index contributed by atoms with van der Waals surface area (Å²) in [4.78, 5) is 2.57. The number of nitrogens with zero attached hydrogens (tertiary/aromatic N) is 1. The molecule has 2 heteroatoms. The van der Waals surface area contributed by atoms with Gasteiger partial charge in [0.2, 0.25) is 0 Å². The van der Waals surface area contributed by atoms with Gasteiger partial charge in [-0.3, -0.25) is 4.90 Å². The third-order valence-electron chi connectivity index (χ3n) is 3.91. The van der Waals surface area contributed by atoms with Crippen LogP contribution in [-0.4, -0.2) is 23.5 Å². The number of piperidine rings is 1. The van der Waals surface area contributed by atoms with Gasteiger partial charge in [-0.1, -0.05) is 12.1 Å². The van der Waals surface area contributed by atoms with Crippen molar-refractivity contribution < 1.29 is 4.39 Å². The lowest BCUT2D eigenvalue weighted by Crippen LogP contribution is -2.47. The second kappa shape index (κ2) is 5.40. The number of halogens is 1. The normalized spacial score (nSPS) is 22.1. The van der Waals surface area contributed by atoms with Crippen molar-refractivity contribution in [2.24, 2.45) is 5.92 Å². The summed E-state index contributed by atoms with van der Waals surface area (Å²) in [6, 6.07) is 6.98. The standard InChI is InChI=1S/C16H24FN/c1-16(2,3)18-10-4-5-14(12-18)11-13-6-8-15(17)9-7-13/h6-9,14H,4-5,10-12H2,1-3H3. The number of hydrogen-bond donors (Lipinski definition) is 0. The Kier molecular flexibility index (Phi) is 4.06. The molecule has 1 aromatic rings. The molecule has 2 rings (SSSR count). The van der Waals surface area contributed by atoms with Crippen LogP contribution in [0.5, 0.6) is 0 Å². The van der Waals surface area contributed by atoms with Gasteiger partial charge in [0.15, 0.2) is 0 Å². The van der Waals surface area contributed by atoms with Crippen LogP contribution < -0.4 is 0 Å². The molecule has 1 aromatic carbocycles. The first-order valence-corrected chi connectivity index (χ1v) is 6.94. The predicted molar refractivity (Wildman–Crippen MR) is 74.2 cm³/mol. The molecule has 0 amide bonds. The lowest BCUT2D eigenvalue weighted by molar-refractivity contribution is 0.0790. The highest BCUT2D eigenvalue weighted by atomic mass is 19.1. The molecule has 1 heterocycles. The average molecular weight is 249 g/mol. The van der Waals surface area contributed by atoms with Gasteiger partial charge < -0.3 is 0 Å². The predicted octanol–water partition coefficient (Wildman–Crippen LogP) is 3.88. The Labute approximate surface area is 110 Å². The molecule has 0 aromatic heterocycles.